The maximum Gasteiger partial charge on any atom is 0.222 e. The Morgan fingerprint density at radius 3 is 2.61 bits per heavy atom. The fourth-order valence-corrected chi connectivity index (χ4v) is 3.11. The first-order chi connectivity index (χ1) is 13.6. The van der Waals surface area contributed by atoms with Gasteiger partial charge in [0, 0.05) is 12.5 Å². The Morgan fingerprint density at radius 1 is 1.14 bits per heavy atom. The van der Waals surface area contributed by atoms with E-state index in [-0.39, 0.29) is 11.8 Å². The molecule has 2 aromatic carbocycles. The number of para-hydroxylation sites is 2. The molecule has 3 rings (SSSR count). The molecular formula is C23H29N3O2. The van der Waals surface area contributed by atoms with Crippen molar-refractivity contribution >= 4 is 16.9 Å². The molecule has 0 radical (unpaired) electrons. The Hall–Kier alpha value is -2.82. The van der Waals surface area contributed by atoms with Gasteiger partial charge < -0.3 is 14.6 Å². The number of aromatic nitrogens is 2. The van der Waals surface area contributed by atoms with E-state index in [1.54, 1.807) is 0 Å². The van der Waals surface area contributed by atoms with Gasteiger partial charge in [0.1, 0.15) is 11.6 Å². The van der Waals surface area contributed by atoms with Crippen LogP contribution in [0.2, 0.25) is 0 Å². The van der Waals surface area contributed by atoms with Gasteiger partial charge in [-0.25, -0.2) is 4.98 Å². The summed E-state index contributed by atoms with van der Waals surface area (Å²) in [7, 11) is 0. The Morgan fingerprint density at radius 2 is 1.89 bits per heavy atom. The molecule has 0 spiro atoms. The molecule has 0 saturated carbocycles. The number of carbonyl (C=O) groups is 1. The lowest BCUT2D eigenvalue weighted by Crippen LogP contribution is -2.28. The second kappa shape index (κ2) is 9.40. The highest BCUT2D eigenvalue weighted by atomic mass is 16.5. The third kappa shape index (κ3) is 4.91. The average Bonchev–Trinajstić information content (AvgIpc) is 3.07. The summed E-state index contributed by atoms with van der Waals surface area (Å²) in [5, 5.41) is 2.97. The van der Waals surface area contributed by atoms with Gasteiger partial charge in [-0.15, -0.1) is 0 Å². The second-order valence-corrected chi connectivity index (χ2v) is 7.24. The third-order valence-electron chi connectivity index (χ3n) is 4.81. The molecule has 1 N–H and O–H groups in total. The predicted octanol–water partition coefficient (Wildman–Crippen LogP) is 4.34. The quantitative estimate of drug-likeness (QED) is 0.563. The number of hydrogen-bond acceptors (Lipinski definition) is 3. The Labute approximate surface area is 166 Å². The lowest BCUT2D eigenvalue weighted by Gasteiger charge is -2.12. The van der Waals surface area contributed by atoms with Crippen LogP contribution in [0.25, 0.3) is 11.0 Å². The average molecular weight is 380 g/mol. The zero-order valence-corrected chi connectivity index (χ0v) is 16.9. The van der Waals surface area contributed by atoms with Crippen LogP contribution in [-0.4, -0.2) is 22.1 Å². The molecule has 0 bridgehead atoms. The monoisotopic (exact) mass is 379 g/mol. The Kier molecular flexibility index (Phi) is 6.69. The number of nitrogens with zero attached hydrogens (tertiary/aromatic N) is 2. The molecule has 0 unspecified atom stereocenters. The Balaban J connectivity index is 1.63. The maximum absolute atomic E-state index is 11.9. The molecule has 5 nitrogen and oxygen atoms in total. The summed E-state index contributed by atoms with van der Waals surface area (Å²) in [6.07, 6.45) is 1.89. The molecule has 148 valence electrons. The van der Waals surface area contributed by atoms with Crippen LogP contribution >= 0.6 is 0 Å². The molecule has 0 saturated heterocycles. The van der Waals surface area contributed by atoms with E-state index in [0.29, 0.717) is 13.2 Å². The third-order valence-corrected chi connectivity index (χ3v) is 4.81. The molecule has 0 atom stereocenters. The largest absolute Gasteiger partial charge is 0.494 e. The summed E-state index contributed by atoms with van der Waals surface area (Å²) in [4.78, 5) is 16.6. The van der Waals surface area contributed by atoms with Crippen molar-refractivity contribution in [3.63, 3.8) is 0 Å². The number of aryl methyl sites for hydroxylation is 2. The van der Waals surface area contributed by atoms with Crippen LogP contribution < -0.4 is 10.1 Å². The summed E-state index contributed by atoms with van der Waals surface area (Å²) in [5.41, 5.74) is 3.35. The van der Waals surface area contributed by atoms with Crippen molar-refractivity contribution in [2.75, 3.05) is 6.61 Å². The summed E-state index contributed by atoms with van der Waals surface area (Å²) >= 11 is 0. The van der Waals surface area contributed by atoms with Gasteiger partial charge in [0.05, 0.1) is 24.2 Å². The Bertz CT molecular complexity index is 913. The van der Waals surface area contributed by atoms with Crippen LogP contribution in [0.1, 0.15) is 38.6 Å². The van der Waals surface area contributed by atoms with E-state index in [4.69, 9.17) is 9.72 Å². The van der Waals surface area contributed by atoms with Crippen molar-refractivity contribution in [2.24, 2.45) is 5.92 Å². The van der Waals surface area contributed by atoms with Crippen LogP contribution in [0.3, 0.4) is 0 Å². The maximum atomic E-state index is 11.9. The molecule has 1 aromatic heterocycles. The number of ether oxygens (including phenoxy) is 1. The van der Waals surface area contributed by atoms with Crippen molar-refractivity contribution in [3.05, 3.63) is 59.9 Å². The van der Waals surface area contributed by atoms with Crippen LogP contribution in [0.15, 0.2) is 48.5 Å². The van der Waals surface area contributed by atoms with E-state index in [0.717, 1.165) is 42.0 Å². The van der Waals surface area contributed by atoms with Crippen LogP contribution in [0.4, 0.5) is 0 Å². The number of hydrogen-bond donors (Lipinski definition) is 1. The van der Waals surface area contributed by atoms with E-state index >= 15 is 0 Å². The van der Waals surface area contributed by atoms with E-state index in [1.165, 1.54) is 5.56 Å². The van der Waals surface area contributed by atoms with Gasteiger partial charge in [0.2, 0.25) is 5.91 Å². The zero-order chi connectivity index (χ0) is 19.9. The van der Waals surface area contributed by atoms with Crippen LogP contribution in [-0.2, 0) is 24.3 Å². The molecule has 0 aliphatic heterocycles. The zero-order valence-electron chi connectivity index (χ0n) is 16.9. The highest BCUT2D eigenvalue weighted by Gasteiger charge is 2.12. The number of imidazole rings is 1. The number of amides is 1. The van der Waals surface area contributed by atoms with E-state index in [9.17, 15) is 4.79 Å². The number of rotatable bonds is 9. The lowest BCUT2D eigenvalue weighted by atomic mass is 10.2. The summed E-state index contributed by atoms with van der Waals surface area (Å²) in [5.74, 6) is 1.78. The topological polar surface area (TPSA) is 56.1 Å². The van der Waals surface area contributed by atoms with Crippen molar-refractivity contribution in [1.29, 1.82) is 0 Å². The fraction of sp³-hybridized carbons (Fsp3) is 0.391. The van der Waals surface area contributed by atoms with E-state index in [2.05, 4.69) is 35.0 Å². The number of benzene rings is 2. The highest BCUT2D eigenvalue weighted by Crippen LogP contribution is 2.17. The van der Waals surface area contributed by atoms with Gasteiger partial charge in [-0.05, 0) is 42.7 Å². The van der Waals surface area contributed by atoms with E-state index in [1.807, 2.05) is 44.2 Å². The molecule has 0 aliphatic rings. The number of fused-ring (bicyclic) bond motifs is 1. The number of nitrogens with one attached hydrogen (secondary N) is 1. The SMILES string of the molecule is CCc1ccc(OCCCn2c(CNC(=O)C(C)C)nc3ccccc32)cc1. The molecule has 0 fully saturated rings. The highest BCUT2D eigenvalue weighted by molar-refractivity contribution is 5.78. The van der Waals surface area contributed by atoms with Gasteiger partial charge in [0.15, 0.2) is 0 Å². The van der Waals surface area contributed by atoms with Crippen molar-refractivity contribution in [1.82, 2.24) is 14.9 Å². The standard InChI is InChI=1S/C23H29N3O2/c1-4-18-10-12-19(13-11-18)28-15-7-14-26-21-9-6-5-8-20(21)25-22(26)16-24-23(27)17(2)3/h5-6,8-13,17H,4,7,14-16H2,1-3H3,(H,24,27). The smallest absolute Gasteiger partial charge is 0.222 e. The first kappa shape index (κ1) is 19.9. The lowest BCUT2D eigenvalue weighted by molar-refractivity contribution is -0.124. The van der Waals surface area contributed by atoms with Crippen molar-refractivity contribution < 1.29 is 9.53 Å². The second-order valence-electron chi connectivity index (χ2n) is 7.24. The van der Waals surface area contributed by atoms with Gasteiger partial charge in [-0.1, -0.05) is 45.0 Å². The summed E-state index contributed by atoms with van der Waals surface area (Å²) in [6.45, 7) is 7.79. The summed E-state index contributed by atoms with van der Waals surface area (Å²) in [6, 6.07) is 16.3. The molecular weight excluding hydrogens is 350 g/mol. The van der Waals surface area contributed by atoms with Crippen molar-refractivity contribution in [2.45, 2.75) is 46.7 Å². The molecule has 3 aromatic rings. The first-order valence-electron chi connectivity index (χ1n) is 10.0. The predicted molar refractivity (Wildman–Crippen MR) is 112 cm³/mol. The number of carbonyl (C=O) groups excluding carboxylic acids is 1. The van der Waals surface area contributed by atoms with Crippen LogP contribution in [0.5, 0.6) is 5.75 Å². The molecule has 1 heterocycles. The molecule has 1 amide bonds. The molecule has 0 aliphatic carbocycles. The molecule has 5 heteroatoms. The van der Waals surface area contributed by atoms with Gasteiger partial charge in [-0.3, -0.25) is 4.79 Å². The van der Waals surface area contributed by atoms with Crippen molar-refractivity contribution in [3.8, 4) is 5.75 Å². The molecule has 28 heavy (non-hydrogen) atoms. The van der Waals surface area contributed by atoms with Gasteiger partial charge in [-0.2, -0.15) is 0 Å². The minimum Gasteiger partial charge on any atom is -0.494 e. The minimum absolute atomic E-state index is 0.0367. The van der Waals surface area contributed by atoms with Gasteiger partial charge >= 0.3 is 0 Å². The summed E-state index contributed by atoms with van der Waals surface area (Å²) < 4.78 is 8.06. The fourth-order valence-electron chi connectivity index (χ4n) is 3.11. The van der Waals surface area contributed by atoms with Crippen LogP contribution in [0, 0.1) is 5.92 Å². The van der Waals surface area contributed by atoms with Gasteiger partial charge in [0.25, 0.3) is 0 Å². The van der Waals surface area contributed by atoms with E-state index < -0.39 is 0 Å². The first-order valence-corrected chi connectivity index (χ1v) is 10.0. The normalized spacial score (nSPS) is 11.1. The minimum atomic E-state index is -0.0367.